The lowest BCUT2D eigenvalue weighted by Gasteiger charge is -2.26. The summed E-state index contributed by atoms with van der Waals surface area (Å²) in [4.78, 5) is 21.1. The van der Waals surface area contributed by atoms with Crippen LogP contribution in [0.15, 0.2) is 0 Å². The average Bonchev–Trinajstić information content (AvgIpc) is 2.11. The molecule has 134 valence electrons. The lowest BCUT2D eigenvalue weighted by Crippen LogP contribution is -2.32. The molecule has 0 amide bonds. The van der Waals surface area contributed by atoms with Gasteiger partial charge in [0.25, 0.3) is 0 Å². The van der Waals surface area contributed by atoms with Crippen molar-refractivity contribution < 1.29 is 19.1 Å². The second-order valence-electron chi connectivity index (χ2n) is 8.50. The summed E-state index contributed by atoms with van der Waals surface area (Å²) in [7, 11) is 0. The summed E-state index contributed by atoms with van der Waals surface area (Å²) in [6.45, 7) is 16.3. The van der Waals surface area contributed by atoms with E-state index in [2.05, 4.69) is 0 Å². The highest BCUT2D eigenvalue weighted by Gasteiger charge is 2.33. The number of Topliss-reactive ketones (excluding diaryl/α,β-unsaturated/α-hetero) is 1. The van der Waals surface area contributed by atoms with E-state index in [1.54, 1.807) is 6.92 Å². The van der Waals surface area contributed by atoms with Crippen molar-refractivity contribution in [3.05, 3.63) is 0 Å². The molecule has 2 atom stereocenters. The van der Waals surface area contributed by atoms with E-state index >= 15 is 0 Å². The van der Waals surface area contributed by atoms with Crippen molar-refractivity contribution in [2.24, 2.45) is 16.7 Å². The summed E-state index contributed by atoms with van der Waals surface area (Å²) in [5.41, 5.74) is -1.66. The summed E-state index contributed by atoms with van der Waals surface area (Å²) >= 11 is 0. The molecule has 0 saturated heterocycles. The molecular formula is C18H37FO3. The lowest BCUT2D eigenvalue weighted by molar-refractivity contribution is -0.142. The van der Waals surface area contributed by atoms with Crippen molar-refractivity contribution in [3.8, 4) is 0 Å². The van der Waals surface area contributed by atoms with Crippen LogP contribution in [-0.2, 0) is 9.59 Å². The first kappa shape index (κ1) is 26.0. The number of aliphatic carboxylic acids is 1. The van der Waals surface area contributed by atoms with Crippen molar-refractivity contribution in [2.45, 2.75) is 88.3 Å². The van der Waals surface area contributed by atoms with Crippen molar-refractivity contribution in [2.75, 3.05) is 0 Å². The van der Waals surface area contributed by atoms with E-state index in [1.165, 1.54) is 13.8 Å². The minimum Gasteiger partial charge on any atom is -0.481 e. The fourth-order valence-corrected chi connectivity index (χ4v) is 2.13. The molecule has 0 aliphatic rings. The molecule has 0 aliphatic heterocycles. The second-order valence-corrected chi connectivity index (χ2v) is 8.50. The molecule has 2 unspecified atom stereocenters. The first-order valence-electron chi connectivity index (χ1n) is 7.41. The normalized spacial score (nSPS) is 15.5. The number of alkyl halides is 1. The van der Waals surface area contributed by atoms with Crippen LogP contribution in [0, 0.1) is 16.7 Å². The predicted molar refractivity (Wildman–Crippen MR) is 91.9 cm³/mol. The van der Waals surface area contributed by atoms with Gasteiger partial charge < -0.3 is 5.11 Å². The molecule has 0 aliphatic carbocycles. The zero-order chi connectivity index (χ0) is 17.6. The fourth-order valence-electron chi connectivity index (χ4n) is 2.13. The summed E-state index contributed by atoms with van der Waals surface area (Å²) in [6, 6.07) is 0. The summed E-state index contributed by atoms with van der Waals surface area (Å²) in [5.74, 6) is -1.30. The van der Waals surface area contributed by atoms with E-state index in [0.29, 0.717) is 0 Å². The maximum atomic E-state index is 13.4. The molecule has 0 radical (unpaired) electrons. The molecule has 22 heavy (non-hydrogen) atoms. The maximum Gasteiger partial charge on any atom is 0.306 e. The number of carboxylic acids is 1. The topological polar surface area (TPSA) is 54.4 Å². The van der Waals surface area contributed by atoms with Crippen LogP contribution in [0.4, 0.5) is 4.39 Å². The Morgan fingerprint density at radius 3 is 1.45 bits per heavy atom. The molecule has 0 heterocycles. The SMILES string of the molecule is C.CC(=O)C(C)(F)CC(C)(C)C.CC(CC(C)(C)C)C(=O)O. The van der Waals surface area contributed by atoms with Crippen LogP contribution in [0.5, 0.6) is 0 Å². The molecule has 4 heteroatoms. The first-order chi connectivity index (χ1) is 8.98. The van der Waals surface area contributed by atoms with Crippen molar-refractivity contribution in [1.29, 1.82) is 0 Å². The third-order valence-corrected chi connectivity index (χ3v) is 2.94. The van der Waals surface area contributed by atoms with E-state index in [4.69, 9.17) is 5.11 Å². The van der Waals surface area contributed by atoms with Gasteiger partial charge in [0.1, 0.15) is 0 Å². The number of rotatable bonds is 4. The third kappa shape index (κ3) is 15.5. The van der Waals surface area contributed by atoms with Gasteiger partial charge in [-0.15, -0.1) is 0 Å². The van der Waals surface area contributed by atoms with Crippen LogP contribution in [0.2, 0.25) is 0 Å². The van der Waals surface area contributed by atoms with Gasteiger partial charge in [-0.1, -0.05) is 55.9 Å². The molecule has 0 bridgehead atoms. The number of halogens is 1. The maximum absolute atomic E-state index is 13.4. The Balaban J connectivity index is -0.000000315. The molecule has 0 aromatic carbocycles. The molecule has 3 nitrogen and oxygen atoms in total. The number of hydrogen-bond donors (Lipinski definition) is 1. The largest absolute Gasteiger partial charge is 0.481 e. The van der Waals surface area contributed by atoms with Gasteiger partial charge in [0, 0.05) is 0 Å². The third-order valence-electron chi connectivity index (χ3n) is 2.94. The summed E-state index contributed by atoms with van der Waals surface area (Å²) in [5, 5.41) is 8.55. The van der Waals surface area contributed by atoms with Crippen LogP contribution in [0.1, 0.15) is 82.6 Å². The summed E-state index contributed by atoms with van der Waals surface area (Å²) < 4.78 is 13.4. The predicted octanol–water partition coefficient (Wildman–Crippen LogP) is 5.52. The number of carbonyl (C=O) groups is 2. The number of carbonyl (C=O) groups excluding carboxylic acids is 1. The minimum absolute atomic E-state index is 0. The van der Waals surface area contributed by atoms with Crippen molar-refractivity contribution in [3.63, 3.8) is 0 Å². The highest BCUT2D eigenvalue weighted by atomic mass is 19.1. The van der Waals surface area contributed by atoms with Gasteiger partial charge in [-0.05, 0) is 37.5 Å². The number of ketones is 1. The van der Waals surface area contributed by atoms with Crippen molar-refractivity contribution in [1.82, 2.24) is 0 Å². The Morgan fingerprint density at radius 2 is 1.36 bits per heavy atom. The number of carboxylic acid groups (broad SMARTS) is 1. The van der Waals surface area contributed by atoms with Gasteiger partial charge in [-0.2, -0.15) is 0 Å². The van der Waals surface area contributed by atoms with E-state index in [9.17, 15) is 14.0 Å². The molecule has 0 saturated carbocycles. The van der Waals surface area contributed by atoms with Crippen LogP contribution in [-0.4, -0.2) is 22.5 Å². The monoisotopic (exact) mass is 320 g/mol. The van der Waals surface area contributed by atoms with Gasteiger partial charge >= 0.3 is 5.97 Å². The van der Waals surface area contributed by atoms with Gasteiger partial charge in [0.15, 0.2) is 11.5 Å². The van der Waals surface area contributed by atoms with Gasteiger partial charge in [-0.3, -0.25) is 9.59 Å². The zero-order valence-electron chi connectivity index (χ0n) is 15.1. The van der Waals surface area contributed by atoms with E-state index < -0.39 is 11.6 Å². The molecule has 0 spiro atoms. The fraction of sp³-hybridized carbons (Fsp3) is 0.889. The summed E-state index contributed by atoms with van der Waals surface area (Å²) in [6.07, 6.45) is 1.03. The van der Waals surface area contributed by atoms with Crippen LogP contribution in [0.3, 0.4) is 0 Å². The Kier molecular flexibility index (Phi) is 10.9. The number of hydrogen-bond acceptors (Lipinski definition) is 2. The molecule has 0 fully saturated rings. The first-order valence-corrected chi connectivity index (χ1v) is 7.41. The average molecular weight is 320 g/mol. The smallest absolute Gasteiger partial charge is 0.306 e. The second kappa shape index (κ2) is 9.26. The minimum atomic E-state index is -1.65. The van der Waals surface area contributed by atoms with Crippen molar-refractivity contribution >= 4 is 11.8 Å². The van der Waals surface area contributed by atoms with Crippen LogP contribution >= 0.6 is 0 Å². The highest BCUT2D eigenvalue weighted by molar-refractivity contribution is 5.84. The lowest BCUT2D eigenvalue weighted by atomic mass is 9.82. The van der Waals surface area contributed by atoms with Gasteiger partial charge in [0.05, 0.1) is 5.92 Å². The van der Waals surface area contributed by atoms with E-state index in [0.717, 1.165) is 6.42 Å². The quantitative estimate of drug-likeness (QED) is 0.742. The Labute approximate surface area is 136 Å². The van der Waals surface area contributed by atoms with Crippen LogP contribution < -0.4 is 0 Å². The molecular weight excluding hydrogens is 283 g/mol. The van der Waals surface area contributed by atoms with E-state index in [1.807, 2.05) is 41.5 Å². The highest BCUT2D eigenvalue weighted by Crippen LogP contribution is 2.30. The molecule has 0 aromatic rings. The zero-order valence-corrected chi connectivity index (χ0v) is 15.1. The molecule has 0 aromatic heterocycles. The van der Waals surface area contributed by atoms with Gasteiger partial charge in [-0.25, -0.2) is 4.39 Å². The standard InChI is InChI=1S/C9H17FO.C8H16O2.CH4/c1-7(11)9(5,10)6-8(2,3)4;1-6(7(9)10)5-8(2,3)4;/h6H2,1-5H3;6H,5H2,1-4H3,(H,9,10);1H4. The van der Waals surface area contributed by atoms with Crippen LogP contribution in [0.25, 0.3) is 0 Å². The van der Waals surface area contributed by atoms with E-state index in [-0.39, 0.29) is 36.4 Å². The van der Waals surface area contributed by atoms with Gasteiger partial charge in [0.2, 0.25) is 0 Å². The molecule has 0 rings (SSSR count). The Hall–Kier alpha value is -0.930. The Bertz CT molecular complexity index is 346. The molecule has 1 N–H and O–H groups in total. The Morgan fingerprint density at radius 1 is 1.00 bits per heavy atom.